The number of carboxylic acids is 1. The van der Waals surface area contributed by atoms with Crippen LogP contribution in [-0.2, 0) is 0 Å². The summed E-state index contributed by atoms with van der Waals surface area (Å²) in [5.74, 6) is -1.88. The number of carboxylic acid groups (broad SMARTS) is 1. The molecule has 0 saturated heterocycles. The van der Waals surface area contributed by atoms with Crippen LogP contribution in [0.4, 0.5) is 4.39 Å². The Bertz CT molecular complexity index is 662. The highest BCUT2D eigenvalue weighted by molar-refractivity contribution is 5.88. The molecule has 2 rings (SSSR count). The predicted molar refractivity (Wildman–Crippen MR) is 61.3 cm³/mol. The normalized spacial score (nSPS) is 9.78. The number of benzene rings is 1. The second-order valence-corrected chi connectivity index (χ2v) is 3.53. The Morgan fingerprint density at radius 1 is 1.33 bits per heavy atom. The highest BCUT2D eigenvalue weighted by Crippen LogP contribution is 2.26. The molecule has 0 saturated carbocycles. The fraction of sp³-hybridized carbons (Fsp3) is 0. The summed E-state index contributed by atoms with van der Waals surface area (Å²) < 4.78 is 13.8. The van der Waals surface area contributed by atoms with Crippen LogP contribution in [0.25, 0.3) is 11.1 Å². The van der Waals surface area contributed by atoms with Gasteiger partial charge in [0.1, 0.15) is 11.9 Å². The third-order valence-electron chi connectivity index (χ3n) is 2.45. The quantitative estimate of drug-likeness (QED) is 0.877. The van der Waals surface area contributed by atoms with Crippen LogP contribution in [0.3, 0.4) is 0 Å². The highest BCUT2D eigenvalue weighted by atomic mass is 19.1. The lowest BCUT2D eigenvalue weighted by Gasteiger charge is -2.05. The van der Waals surface area contributed by atoms with Crippen molar-refractivity contribution < 1.29 is 14.3 Å². The second kappa shape index (κ2) is 4.63. The van der Waals surface area contributed by atoms with Crippen LogP contribution in [-0.4, -0.2) is 16.1 Å². The number of aromatic carboxylic acids is 1. The average Bonchev–Trinajstić information content (AvgIpc) is 2.38. The zero-order chi connectivity index (χ0) is 13.1. The Morgan fingerprint density at radius 2 is 2.11 bits per heavy atom. The predicted octanol–water partition coefficient (Wildman–Crippen LogP) is 2.46. The van der Waals surface area contributed by atoms with Gasteiger partial charge in [0, 0.05) is 23.5 Å². The smallest absolute Gasteiger partial charge is 0.335 e. The van der Waals surface area contributed by atoms with E-state index in [0.29, 0.717) is 5.56 Å². The minimum absolute atomic E-state index is 0.135. The van der Waals surface area contributed by atoms with Gasteiger partial charge in [-0.2, -0.15) is 5.26 Å². The van der Waals surface area contributed by atoms with Crippen molar-refractivity contribution in [3.05, 3.63) is 53.6 Å². The maximum absolute atomic E-state index is 13.8. The number of nitriles is 1. The number of carbonyl (C=O) groups is 1. The topological polar surface area (TPSA) is 74.0 Å². The van der Waals surface area contributed by atoms with Crippen molar-refractivity contribution >= 4 is 5.97 Å². The van der Waals surface area contributed by atoms with Gasteiger partial charge in [-0.15, -0.1) is 0 Å². The fourth-order valence-electron chi connectivity index (χ4n) is 1.58. The lowest BCUT2D eigenvalue weighted by atomic mass is 10.0. The van der Waals surface area contributed by atoms with Crippen LogP contribution in [0.15, 0.2) is 36.7 Å². The van der Waals surface area contributed by atoms with E-state index >= 15 is 0 Å². The summed E-state index contributed by atoms with van der Waals surface area (Å²) in [7, 11) is 0. The molecule has 2 aromatic rings. The number of halogens is 1. The van der Waals surface area contributed by atoms with E-state index in [1.54, 1.807) is 0 Å². The Balaban J connectivity index is 2.59. The van der Waals surface area contributed by atoms with Gasteiger partial charge in [0.15, 0.2) is 0 Å². The lowest BCUT2D eigenvalue weighted by molar-refractivity contribution is 0.0696. The number of hydrogen-bond acceptors (Lipinski definition) is 3. The SMILES string of the molecule is N#Cc1cnccc1-c1ccc(C(=O)O)cc1F. The largest absolute Gasteiger partial charge is 0.478 e. The maximum atomic E-state index is 13.8. The Morgan fingerprint density at radius 3 is 2.72 bits per heavy atom. The molecule has 4 nitrogen and oxygen atoms in total. The van der Waals surface area contributed by atoms with Crippen LogP contribution >= 0.6 is 0 Å². The molecule has 5 heteroatoms. The van der Waals surface area contributed by atoms with Crippen LogP contribution in [0.2, 0.25) is 0 Å². The van der Waals surface area contributed by atoms with Gasteiger partial charge >= 0.3 is 5.97 Å². The minimum atomic E-state index is -1.20. The first-order valence-electron chi connectivity index (χ1n) is 5.01. The molecule has 1 aromatic heterocycles. The molecule has 0 aliphatic rings. The summed E-state index contributed by atoms with van der Waals surface area (Å²) in [6, 6.07) is 6.99. The zero-order valence-electron chi connectivity index (χ0n) is 9.09. The van der Waals surface area contributed by atoms with Gasteiger partial charge in [-0.05, 0) is 18.2 Å². The molecule has 1 aromatic carbocycles. The fourth-order valence-corrected chi connectivity index (χ4v) is 1.58. The van der Waals surface area contributed by atoms with Gasteiger partial charge in [0.25, 0.3) is 0 Å². The van der Waals surface area contributed by atoms with Crippen molar-refractivity contribution in [1.29, 1.82) is 5.26 Å². The molecule has 0 unspecified atom stereocenters. The molecule has 1 heterocycles. The molecule has 0 bridgehead atoms. The molecule has 0 spiro atoms. The molecule has 0 aliphatic carbocycles. The minimum Gasteiger partial charge on any atom is -0.478 e. The maximum Gasteiger partial charge on any atom is 0.335 e. The number of hydrogen-bond donors (Lipinski definition) is 1. The standard InChI is InChI=1S/C13H7FN2O2/c14-12-5-8(13(17)18)1-2-11(12)10-3-4-16-7-9(10)6-15/h1-5,7H,(H,17,18). The van der Waals surface area contributed by atoms with Crippen LogP contribution in [0, 0.1) is 17.1 Å². The summed E-state index contributed by atoms with van der Waals surface area (Å²) in [5, 5.41) is 17.6. The molecule has 0 atom stereocenters. The van der Waals surface area contributed by atoms with E-state index in [1.807, 2.05) is 6.07 Å². The Kier molecular flexibility index (Phi) is 3.02. The van der Waals surface area contributed by atoms with Crippen LogP contribution in [0.1, 0.15) is 15.9 Å². The summed E-state index contributed by atoms with van der Waals surface area (Å²) in [6.07, 6.45) is 2.78. The van der Waals surface area contributed by atoms with Gasteiger partial charge in [-0.1, -0.05) is 6.07 Å². The lowest BCUT2D eigenvalue weighted by Crippen LogP contribution is -1.98. The average molecular weight is 242 g/mol. The van der Waals surface area contributed by atoms with Crippen molar-refractivity contribution in [2.45, 2.75) is 0 Å². The highest BCUT2D eigenvalue weighted by Gasteiger charge is 2.12. The second-order valence-electron chi connectivity index (χ2n) is 3.53. The summed E-state index contributed by atoms with van der Waals surface area (Å²) >= 11 is 0. The Hall–Kier alpha value is -2.74. The van der Waals surface area contributed by atoms with E-state index in [-0.39, 0.29) is 16.7 Å². The summed E-state index contributed by atoms with van der Waals surface area (Å²) in [4.78, 5) is 14.5. The molecule has 0 amide bonds. The van der Waals surface area contributed by atoms with Crippen molar-refractivity contribution in [2.75, 3.05) is 0 Å². The van der Waals surface area contributed by atoms with Gasteiger partial charge in [0.2, 0.25) is 0 Å². The van der Waals surface area contributed by atoms with E-state index < -0.39 is 11.8 Å². The van der Waals surface area contributed by atoms with Crippen molar-refractivity contribution in [1.82, 2.24) is 4.98 Å². The van der Waals surface area contributed by atoms with Gasteiger partial charge in [0.05, 0.1) is 11.1 Å². The van der Waals surface area contributed by atoms with Crippen molar-refractivity contribution in [3.8, 4) is 17.2 Å². The number of rotatable bonds is 2. The van der Waals surface area contributed by atoms with E-state index in [1.165, 1.54) is 30.6 Å². The van der Waals surface area contributed by atoms with E-state index in [0.717, 1.165) is 6.07 Å². The first kappa shape index (κ1) is 11.7. The van der Waals surface area contributed by atoms with E-state index in [4.69, 9.17) is 10.4 Å². The summed E-state index contributed by atoms with van der Waals surface area (Å²) in [6.45, 7) is 0. The third-order valence-corrected chi connectivity index (χ3v) is 2.45. The number of nitrogens with zero attached hydrogens (tertiary/aromatic N) is 2. The monoisotopic (exact) mass is 242 g/mol. The molecule has 0 aliphatic heterocycles. The molecule has 88 valence electrons. The zero-order valence-corrected chi connectivity index (χ0v) is 9.09. The molecule has 1 N–H and O–H groups in total. The first-order valence-corrected chi connectivity index (χ1v) is 5.01. The Labute approximate surface area is 102 Å². The van der Waals surface area contributed by atoms with Gasteiger partial charge in [-0.25, -0.2) is 9.18 Å². The van der Waals surface area contributed by atoms with Crippen LogP contribution in [0.5, 0.6) is 0 Å². The van der Waals surface area contributed by atoms with Crippen molar-refractivity contribution in [3.63, 3.8) is 0 Å². The first-order chi connectivity index (χ1) is 8.63. The number of pyridine rings is 1. The van der Waals surface area contributed by atoms with Crippen molar-refractivity contribution in [2.24, 2.45) is 0 Å². The van der Waals surface area contributed by atoms with Gasteiger partial charge < -0.3 is 5.11 Å². The number of aromatic nitrogens is 1. The van der Waals surface area contributed by atoms with Crippen LogP contribution < -0.4 is 0 Å². The van der Waals surface area contributed by atoms with E-state index in [9.17, 15) is 9.18 Å². The molecular formula is C13H7FN2O2. The van der Waals surface area contributed by atoms with Gasteiger partial charge in [-0.3, -0.25) is 4.98 Å². The molecular weight excluding hydrogens is 235 g/mol. The van der Waals surface area contributed by atoms with E-state index in [2.05, 4.69) is 4.98 Å². The molecule has 0 fully saturated rings. The molecule has 18 heavy (non-hydrogen) atoms. The molecule has 0 radical (unpaired) electrons. The third kappa shape index (κ3) is 2.04. The summed E-state index contributed by atoms with van der Waals surface area (Å²) in [5.41, 5.74) is 0.671.